The van der Waals surface area contributed by atoms with Crippen LogP contribution in [0, 0.1) is 0 Å². The number of hydrogen-bond acceptors (Lipinski definition) is 5. The fraction of sp³-hybridized carbons (Fsp3) is 0.692. The number of aromatic nitrogens is 1. The van der Waals surface area contributed by atoms with Crippen molar-refractivity contribution in [3.63, 3.8) is 0 Å². The van der Waals surface area contributed by atoms with E-state index in [-0.39, 0.29) is 5.91 Å². The molecular formula is C13H22N4OS. The highest BCUT2D eigenvalue weighted by molar-refractivity contribution is 7.09. The van der Waals surface area contributed by atoms with Crippen LogP contribution < -0.4 is 0 Å². The number of thiazole rings is 1. The summed E-state index contributed by atoms with van der Waals surface area (Å²) in [5.41, 5.74) is 0.908. The van der Waals surface area contributed by atoms with Crippen LogP contribution in [-0.2, 0) is 17.8 Å². The maximum atomic E-state index is 12.2. The molecule has 1 fully saturated rings. The summed E-state index contributed by atoms with van der Waals surface area (Å²) >= 11 is 1.64. The molecule has 1 aromatic rings. The molecule has 0 bridgehead atoms. The number of rotatable bonds is 4. The zero-order valence-corrected chi connectivity index (χ0v) is 12.7. The summed E-state index contributed by atoms with van der Waals surface area (Å²) in [5, 5.41) is 3.08. The van der Waals surface area contributed by atoms with Gasteiger partial charge in [-0.3, -0.25) is 4.79 Å². The van der Waals surface area contributed by atoms with Gasteiger partial charge in [0, 0.05) is 38.1 Å². The minimum Gasteiger partial charge on any atom is -0.340 e. The number of carbonyl (C=O) groups excluding carboxylic acids is 1. The first-order valence-electron chi connectivity index (χ1n) is 6.59. The summed E-state index contributed by atoms with van der Waals surface area (Å²) in [6.45, 7) is 4.45. The Labute approximate surface area is 118 Å². The normalized spacial score (nSPS) is 17.2. The topological polar surface area (TPSA) is 39.7 Å². The van der Waals surface area contributed by atoms with Gasteiger partial charge in [-0.2, -0.15) is 0 Å². The summed E-state index contributed by atoms with van der Waals surface area (Å²) in [5.74, 6) is 0.204. The highest BCUT2D eigenvalue weighted by Crippen LogP contribution is 2.13. The molecule has 0 unspecified atom stereocenters. The third-order valence-electron chi connectivity index (χ3n) is 3.24. The Morgan fingerprint density at radius 2 is 2.05 bits per heavy atom. The molecule has 1 aliphatic rings. The van der Waals surface area contributed by atoms with Gasteiger partial charge in [-0.05, 0) is 21.1 Å². The summed E-state index contributed by atoms with van der Waals surface area (Å²) in [6.07, 6.45) is 0.438. The van der Waals surface area contributed by atoms with Crippen LogP contribution in [0.2, 0.25) is 0 Å². The molecule has 1 amide bonds. The largest absolute Gasteiger partial charge is 0.340 e. The molecule has 1 aromatic heterocycles. The lowest BCUT2D eigenvalue weighted by atomic mass is 10.2. The minimum atomic E-state index is 0.204. The van der Waals surface area contributed by atoms with Crippen LogP contribution in [0.5, 0.6) is 0 Å². The first-order valence-corrected chi connectivity index (χ1v) is 7.47. The Morgan fingerprint density at radius 3 is 2.68 bits per heavy atom. The minimum absolute atomic E-state index is 0.204. The third kappa shape index (κ3) is 4.26. The lowest BCUT2D eigenvalue weighted by Gasteiger charge is -2.32. The molecule has 6 heteroatoms. The summed E-state index contributed by atoms with van der Waals surface area (Å²) < 4.78 is 0. The predicted octanol–water partition coefficient (Wildman–Crippen LogP) is 0.521. The van der Waals surface area contributed by atoms with Gasteiger partial charge in [0.25, 0.3) is 0 Å². The zero-order chi connectivity index (χ0) is 13.8. The summed E-state index contributed by atoms with van der Waals surface area (Å²) in [6, 6.07) is 0. The van der Waals surface area contributed by atoms with E-state index in [1.807, 2.05) is 24.4 Å². The number of hydrogen-bond donors (Lipinski definition) is 0. The fourth-order valence-electron chi connectivity index (χ4n) is 2.10. The van der Waals surface area contributed by atoms with Crippen molar-refractivity contribution in [2.24, 2.45) is 0 Å². The van der Waals surface area contributed by atoms with Gasteiger partial charge in [-0.25, -0.2) is 4.98 Å². The molecule has 0 N–H and O–H groups in total. The molecule has 2 rings (SSSR count). The number of amides is 1. The van der Waals surface area contributed by atoms with Crippen LogP contribution >= 0.6 is 11.3 Å². The smallest absolute Gasteiger partial charge is 0.228 e. The highest BCUT2D eigenvalue weighted by Gasteiger charge is 2.19. The Hall–Kier alpha value is -0.980. The molecule has 0 atom stereocenters. The van der Waals surface area contributed by atoms with E-state index in [4.69, 9.17) is 0 Å². The van der Waals surface area contributed by atoms with Crippen LogP contribution in [0.4, 0.5) is 0 Å². The molecule has 0 aliphatic carbocycles. The van der Waals surface area contributed by atoms with Crippen molar-refractivity contribution in [2.45, 2.75) is 13.0 Å². The van der Waals surface area contributed by atoms with Gasteiger partial charge >= 0.3 is 0 Å². The van der Waals surface area contributed by atoms with Crippen LogP contribution in [0.3, 0.4) is 0 Å². The first-order chi connectivity index (χ1) is 9.04. The van der Waals surface area contributed by atoms with Crippen molar-refractivity contribution in [3.8, 4) is 0 Å². The van der Waals surface area contributed by atoms with E-state index in [9.17, 15) is 4.79 Å². The molecule has 19 heavy (non-hydrogen) atoms. The van der Waals surface area contributed by atoms with Crippen LogP contribution in [0.15, 0.2) is 5.38 Å². The number of piperazine rings is 1. The summed E-state index contributed by atoms with van der Waals surface area (Å²) in [4.78, 5) is 23.0. The maximum absolute atomic E-state index is 12.2. The number of likely N-dealkylation sites (N-methyl/N-ethyl adjacent to an activating group) is 1. The Balaban J connectivity index is 1.86. The average Bonchev–Trinajstić information content (AvgIpc) is 2.76. The standard InChI is InChI=1S/C13H22N4OS/c1-15(2)9-12-14-11(10-19-12)8-13(18)17-6-4-16(3)5-7-17/h10H,4-9H2,1-3H3. The van der Waals surface area contributed by atoms with E-state index in [0.29, 0.717) is 6.42 Å². The second-order valence-electron chi connectivity index (χ2n) is 5.33. The van der Waals surface area contributed by atoms with E-state index in [0.717, 1.165) is 43.4 Å². The Morgan fingerprint density at radius 1 is 1.37 bits per heavy atom. The van der Waals surface area contributed by atoms with Crippen LogP contribution in [0.25, 0.3) is 0 Å². The molecule has 106 valence electrons. The van der Waals surface area contributed by atoms with Crippen LogP contribution in [0.1, 0.15) is 10.7 Å². The molecular weight excluding hydrogens is 260 g/mol. The summed E-state index contributed by atoms with van der Waals surface area (Å²) in [7, 11) is 6.14. The monoisotopic (exact) mass is 282 g/mol. The molecule has 5 nitrogen and oxygen atoms in total. The van der Waals surface area contributed by atoms with Gasteiger partial charge in [0.2, 0.25) is 5.91 Å². The fourth-order valence-corrected chi connectivity index (χ4v) is 3.01. The highest BCUT2D eigenvalue weighted by atomic mass is 32.1. The van der Waals surface area contributed by atoms with Gasteiger partial charge in [0.15, 0.2) is 0 Å². The van der Waals surface area contributed by atoms with Crippen molar-refractivity contribution < 1.29 is 4.79 Å². The third-order valence-corrected chi connectivity index (χ3v) is 4.12. The average molecular weight is 282 g/mol. The van der Waals surface area contributed by atoms with E-state index in [2.05, 4.69) is 21.8 Å². The molecule has 2 heterocycles. The van der Waals surface area contributed by atoms with E-state index < -0.39 is 0 Å². The SMILES string of the molecule is CN(C)Cc1nc(CC(=O)N2CCN(C)CC2)cs1. The Kier molecular flexibility index (Phi) is 4.90. The molecule has 1 saturated heterocycles. The van der Waals surface area contributed by atoms with Crippen molar-refractivity contribution in [1.82, 2.24) is 19.7 Å². The lowest BCUT2D eigenvalue weighted by molar-refractivity contribution is -0.132. The molecule has 0 spiro atoms. The molecule has 0 aromatic carbocycles. The first kappa shape index (κ1) is 14.4. The molecule has 0 saturated carbocycles. The quantitative estimate of drug-likeness (QED) is 0.807. The second kappa shape index (κ2) is 6.45. The van der Waals surface area contributed by atoms with E-state index in [1.54, 1.807) is 11.3 Å². The van der Waals surface area contributed by atoms with E-state index in [1.165, 1.54) is 0 Å². The van der Waals surface area contributed by atoms with Gasteiger partial charge in [0.1, 0.15) is 5.01 Å². The molecule has 1 aliphatic heterocycles. The van der Waals surface area contributed by atoms with Crippen molar-refractivity contribution in [2.75, 3.05) is 47.3 Å². The maximum Gasteiger partial charge on any atom is 0.228 e. The second-order valence-corrected chi connectivity index (χ2v) is 6.27. The van der Waals surface area contributed by atoms with Crippen LogP contribution in [-0.4, -0.2) is 72.9 Å². The van der Waals surface area contributed by atoms with Gasteiger partial charge in [0.05, 0.1) is 12.1 Å². The molecule has 0 radical (unpaired) electrons. The lowest BCUT2D eigenvalue weighted by Crippen LogP contribution is -2.47. The van der Waals surface area contributed by atoms with Gasteiger partial charge in [-0.15, -0.1) is 11.3 Å². The van der Waals surface area contributed by atoms with E-state index >= 15 is 0 Å². The van der Waals surface area contributed by atoms with Gasteiger partial charge in [-0.1, -0.05) is 0 Å². The Bertz CT molecular complexity index is 424. The van der Waals surface area contributed by atoms with Crippen molar-refractivity contribution in [3.05, 3.63) is 16.1 Å². The predicted molar refractivity (Wildman–Crippen MR) is 77.3 cm³/mol. The zero-order valence-electron chi connectivity index (χ0n) is 11.9. The number of carbonyl (C=O) groups is 1. The van der Waals surface area contributed by atoms with Crippen molar-refractivity contribution >= 4 is 17.2 Å². The van der Waals surface area contributed by atoms with Gasteiger partial charge < -0.3 is 14.7 Å². The number of nitrogens with zero attached hydrogens (tertiary/aromatic N) is 4. The van der Waals surface area contributed by atoms with Crippen molar-refractivity contribution in [1.29, 1.82) is 0 Å².